The number of thiazole rings is 1. The van der Waals surface area contributed by atoms with Crippen molar-refractivity contribution in [1.29, 1.82) is 0 Å². The molecule has 0 saturated carbocycles. The van der Waals surface area contributed by atoms with Gasteiger partial charge < -0.3 is 15.0 Å². The average molecular weight is 338 g/mol. The number of hydrogen-bond donors (Lipinski definition) is 1. The third-order valence-electron chi connectivity index (χ3n) is 3.01. The summed E-state index contributed by atoms with van der Waals surface area (Å²) in [5, 5.41) is 4.24. The van der Waals surface area contributed by atoms with Crippen molar-refractivity contribution in [2.24, 2.45) is 0 Å². The molecule has 2 N–H and O–H groups in total. The molecule has 0 spiro atoms. The number of hydrogen-bond acceptors (Lipinski definition) is 7. The predicted molar refractivity (Wildman–Crippen MR) is 81.3 cm³/mol. The summed E-state index contributed by atoms with van der Waals surface area (Å²) in [5.74, 6) is 0.387. The van der Waals surface area contributed by atoms with Crippen LogP contribution in [0, 0.1) is 0 Å². The number of alkyl halides is 2. The second-order valence-electron chi connectivity index (χ2n) is 4.48. The minimum atomic E-state index is -2.93. The number of halogens is 2. The van der Waals surface area contributed by atoms with Gasteiger partial charge in [-0.05, 0) is 18.6 Å². The number of nitrogens with zero attached hydrogens (tertiary/aromatic N) is 3. The van der Waals surface area contributed by atoms with E-state index >= 15 is 0 Å². The summed E-state index contributed by atoms with van der Waals surface area (Å²) in [6, 6.07) is 6.25. The maximum Gasteiger partial charge on any atom is 0.387 e. The highest BCUT2D eigenvalue weighted by atomic mass is 32.1. The number of aromatic nitrogens is 3. The standard InChI is InChI=1S/C14H12F2N4O2S/c1-2-8-10(23-14(17)18-8)12-19-11(20-22-12)7-5-3-4-6-9(7)21-13(15)16/h3-6,13H,2H2,1H3,(H2,17,18). The van der Waals surface area contributed by atoms with Crippen LogP contribution < -0.4 is 10.5 Å². The number of rotatable bonds is 5. The molecular weight excluding hydrogens is 326 g/mol. The largest absolute Gasteiger partial charge is 0.434 e. The van der Waals surface area contributed by atoms with Crippen molar-refractivity contribution in [3.63, 3.8) is 0 Å². The second-order valence-corrected chi connectivity index (χ2v) is 5.51. The van der Waals surface area contributed by atoms with Crippen LogP contribution in [0.15, 0.2) is 28.8 Å². The van der Waals surface area contributed by atoms with Crippen LogP contribution in [0.1, 0.15) is 12.6 Å². The normalized spacial score (nSPS) is 11.1. The van der Waals surface area contributed by atoms with Gasteiger partial charge >= 0.3 is 6.61 Å². The smallest absolute Gasteiger partial charge is 0.387 e. The molecule has 0 amide bonds. The first kappa shape index (κ1) is 15.3. The van der Waals surface area contributed by atoms with E-state index in [1.165, 1.54) is 17.4 Å². The van der Waals surface area contributed by atoms with Gasteiger partial charge in [-0.3, -0.25) is 0 Å². The molecule has 0 aliphatic rings. The quantitative estimate of drug-likeness (QED) is 0.765. The molecule has 23 heavy (non-hydrogen) atoms. The van der Waals surface area contributed by atoms with Gasteiger partial charge in [0.1, 0.15) is 10.6 Å². The zero-order chi connectivity index (χ0) is 16.4. The lowest BCUT2D eigenvalue weighted by Crippen LogP contribution is -2.03. The molecule has 0 radical (unpaired) electrons. The third-order valence-corrected chi connectivity index (χ3v) is 3.93. The average Bonchev–Trinajstić information content (AvgIpc) is 3.13. The molecule has 120 valence electrons. The zero-order valence-corrected chi connectivity index (χ0v) is 12.8. The summed E-state index contributed by atoms with van der Waals surface area (Å²) in [6.45, 7) is -1.00. The van der Waals surface area contributed by atoms with Crippen molar-refractivity contribution in [3.8, 4) is 27.9 Å². The summed E-state index contributed by atoms with van der Waals surface area (Å²) in [5.41, 5.74) is 6.77. The van der Waals surface area contributed by atoms with E-state index in [0.717, 1.165) is 5.69 Å². The highest BCUT2D eigenvalue weighted by Crippen LogP contribution is 2.34. The summed E-state index contributed by atoms with van der Waals surface area (Å²) in [6.07, 6.45) is 0.659. The summed E-state index contributed by atoms with van der Waals surface area (Å²) >= 11 is 1.23. The van der Waals surface area contributed by atoms with Crippen LogP contribution in [0.2, 0.25) is 0 Å². The molecule has 0 saturated heterocycles. The fourth-order valence-electron chi connectivity index (χ4n) is 2.05. The topological polar surface area (TPSA) is 87.1 Å². The van der Waals surface area contributed by atoms with Gasteiger partial charge in [-0.2, -0.15) is 13.8 Å². The highest BCUT2D eigenvalue weighted by Gasteiger charge is 2.20. The summed E-state index contributed by atoms with van der Waals surface area (Å²) < 4.78 is 34.7. The Morgan fingerprint density at radius 1 is 1.30 bits per heavy atom. The number of benzene rings is 1. The number of ether oxygens (including phenoxy) is 1. The molecule has 2 heterocycles. The molecule has 0 fully saturated rings. The van der Waals surface area contributed by atoms with Crippen LogP contribution in [0.5, 0.6) is 5.75 Å². The van der Waals surface area contributed by atoms with E-state index in [1.54, 1.807) is 18.2 Å². The van der Waals surface area contributed by atoms with E-state index in [2.05, 4.69) is 19.9 Å². The lowest BCUT2D eigenvalue weighted by molar-refractivity contribution is -0.0494. The van der Waals surface area contributed by atoms with E-state index in [9.17, 15) is 8.78 Å². The first-order valence-corrected chi connectivity index (χ1v) is 7.53. The van der Waals surface area contributed by atoms with Crippen molar-refractivity contribution >= 4 is 16.5 Å². The van der Waals surface area contributed by atoms with Gasteiger partial charge in [-0.15, -0.1) is 0 Å². The zero-order valence-electron chi connectivity index (χ0n) is 12.0. The van der Waals surface area contributed by atoms with Gasteiger partial charge in [-0.1, -0.05) is 35.5 Å². The Hall–Kier alpha value is -2.55. The molecule has 2 aromatic heterocycles. The molecular formula is C14H12F2N4O2S. The Bertz CT molecular complexity index is 819. The minimum Gasteiger partial charge on any atom is -0.434 e. The van der Waals surface area contributed by atoms with Crippen molar-refractivity contribution < 1.29 is 18.0 Å². The molecule has 1 aromatic carbocycles. The molecule has 3 aromatic rings. The van der Waals surface area contributed by atoms with Gasteiger partial charge in [0.15, 0.2) is 5.13 Å². The van der Waals surface area contributed by atoms with Crippen LogP contribution in [-0.4, -0.2) is 21.7 Å². The molecule has 0 unspecified atom stereocenters. The van der Waals surface area contributed by atoms with Crippen LogP contribution in [0.4, 0.5) is 13.9 Å². The molecule has 0 bridgehead atoms. The maximum absolute atomic E-state index is 12.5. The maximum atomic E-state index is 12.5. The minimum absolute atomic E-state index is 0.0191. The lowest BCUT2D eigenvalue weighted by atomic mass is 10.2. The fraction of sp³-hybridized carbons (Fsp3) is 0.214. The lowest BCUT2D eigenvalue weighted by Gasteiger charge is -2.07. The highest BCUT2D eigenvalue weighted by molar-refractivity contribution is 7.18. The Labute approximate surface area is 133 Å². The van der Waals surface area contributed by atoms with E-state index in [0.29, 0.717) is 22.0 Å². The van der Waals surface area contributed by atoms with Crippen LogP contribution in [-0.2, 0) is 6.42 Å². The fourth-order valence-corrected chi connectivity index (χ4v) is 2.90. The van der Waals surface area contributed by atoms with E-state index in [-0.39, 0.29) is 17.5 Å². The SMILES string of the molecule is CCc1nc(N)sc1-c1nc(-c2ccccc2OC(F)F)no1. The Balaban J connectivity index is 1.99. The van der Waals surface area contributed by atoms with Crippen LogP contribution in [0.3, 0.4) is 0 Å². The van der Waals surface area contributed by atoms with Gasteiger partial charge in [0.05, 0.1) is 11.3 Å². The summed E-state index contributed by atoms with van der Waals surface area (Å²) in [4.78, 5) is 9.12. The van der Waals surface area contributed by atoms with Gasteiger partial charge in [0.25, 0.3) is 5.89 Å². The van der Waals surface area contributed by atoms with Crippen LogP contribution >= 0.6 is 11.3 Å². The number of nitrogen functional groups attached to an aromatic ring is 1. The van der Waals surface area contributed by atoms with E-state index in [4.69, 9.17) is 10.3 Å². The molecule has 3 rings (SSSR count). The third kappa shape index (κ3) is 3.14. The number of aryl methyl sites for hydroxylation is 1. The summed E-state index contributed by atoms with van der Waals surface area (Å²) in [7, 11) is 0. The first-order valence-electron chi connectivity index (χ1n) is 6.72. The second kappa shape index (κ2) is 6.29. The first-order chi connectivity index (χ1) is 11.1. The van der Waals surface area contributed by atoms with E-state index in [1.807, 2.05) is 6.92 Å². The molecule has 6 nitrogen and oxygen atoms in total. The van der Waals surface area contributed by atoms with E-state index < -0.39 is 6.61 Å². The van der Waals surface area contributed by atoms with Gasteiger partial charge in [-0.25, -0.2) is 4.98 Å². The predicted octanol–water partition coefficient (Wildman–Crippen LogP) is 3.61. The van der Waals surface area contributed by atoms with Crippen molar-refractivity contribution in [2.75, 3.05) is 5.73 Å². The van der Waals surface area contributed by atoms with Crippen molar-refractivity contribution in [2.45, 2.75) is 20.0 Å². The Morgan fingerprint density at radius 2 is 2.09 bits per heavy atom. The Morgan fingerprint density at radius 3 is 2.83 bits per heavy atom. The number of para-hydroxylation sites is 1. The molecule has 0 aliphatic heterocycles. The monoisotopic (exact) mass is 338 g/mol. The molecule has 0 atom stereocenters. The Kier molecular flexibility index (Phi) is 4.20. The molecule has 0 aliphatic carbocycles. The van der Waals surface area contributed by atoms with Gasteiger partial charge in [0, 0.05) is 0 Å². The van der Waals surface area contributed by atoms with Gasteiger partial charge in [0.2, 0.25) is 5.82 Å². The molecule has 9 heteroatoms. The van der Waals surface area contributed by atoms with Crippen molar-refractivity contribution in [3.05, 3.63) is 30.0 Å². The van der Waals surface area contributed by atoms with Crippen LogP contribution in [0.25, 0.3) is 22.2 Å². The number of anilines is 1. The van der Waals surface area contributed by atoms with Crippen molar-refractivity contribution in [1.82, 2.24) is 15.1 Å². The number of nitrogens with two attached hydrogens (primary N) is 1.